The van der Waals surface area contributed by atoms with Gasteiger partial charge in [-0.3, -0.25) is 29.2 Å². The Morgan fingerprint density at radius 3 is 2.52 bits per heavy atom. The van der Waals surface area contributed by atoms with Crippen LogP contribution in [-0.2, 0) is 14.4 Å². The van der Waals surface area contributed by atoms with Crippen molar-refractivity contribution in [1.82, 2.24) is 10.2 Å². The number of anilines is 1. The van der Waals surface area contributed by atoms with E-state index in [0.29, 0.717) is 10.9 Å². The number of benzene rings is 1. The van der Waals surface area contributed by atoms with E-state index in [1.165, 1.54) is 15.9 Å². The summed E-state index contributed by atoms with van der Waals surface area (Å²) < 4.78 is 0. The van der Waals surface area contributed by atoms with Crippen molar-refractivity contribution in [2.24, 2.45) is 10.9 Å². The largest absolute Gasteiger partial charge is 0.301 e. The number of likely N-dealkylation sites (N-methyl/N-ethyl adjacent to an activating group) is 1. The minimum atomic E-state index is -1.14. The number of carbonyl (C=O) groups is 3. The molecule has 2 saturated heterocycles. The average Bonchev–Trinajstić information content (AvgIpc) is 2.87. The highest BCUT2D eigenvalue weighted by molar-refractivity contribution is 8.18. The molecule has 0 aromatic heterocycles. The van der Waals surface area contributed by atoms with Gasteiger partial charge >= 0.3 is 0 Å². The van der Waals surface area contributed by atoms with Crippen LogP contribution in [0.2, 0.25) is 0 Å². The molecule has 0 aliphatic carbocycles. The minimum absolute atomic E-state index is 0.0224. The van der Waals surface area contributed by atoms with Crippen molar-refractivity contribution < 1.29 is 14.4 Å². The summed E-state index contributed by atoms with van der Waals surface area (Å²) in [6.07, 6.45) is 1.37. The maximum atomic E-state index is 12.8. The van der Waals surface area contributed by atoms with E-state index in [1.807, 2.05) is 6.07 Å². The Balaban J connectivity index is 1.95. The van der Waals surface area contributed by atoms with E-state index in [2.05, 4.69) is 10.3 Å². The number of amidine groups is 1. The maximum absolute atomic E-state index is 12.8. The Labute approximate surface area is 153 Å². The van der Waals surface area contributed by atoms with E-state index < -0.39 is 17.7 Å². The van der Waals surface area contributed by atoms with Crippen molar-refractivity contribution in [3.63, 3.8) is 0 Å². The van der Waals surface area contributed by atoms with Gasteiger partial charge in [0.15, 0.2) is 10.3 Å². The topological polar surface area (TPSA) is 82.1 Å². The van der Waals surface area contributed by atoms with Gasteiger partial charge in [-0.1, -0.05) is 18.2 Å². The van der Waals surface area contributed by atoms with Gasteiger partial charge in [-0.25, -0.2) is 0 Å². The summed E-state index contributed by atoms with van der Waals surface area (Å²) in [5, 5.41) is 3.05. The van der Waals surface area contributed by atoms with Crippen molar-refractivity contribution >= 4 is 57.7 Å². The van der Waals surface area contributed by atoms with Gasteiger partial charge in [-0.05, 0) is 42.2 Å². The molecule has 1 aromatic rings. The lowest BCUT2D eigenvalue weighted by Crippen LogP contribution is -2.57. The van der Waals surface area contributed by atoms with Crippen LogP contribution < -0.4 is 10.2 Å². The number of nitrogens with one attached hydrogen (secondary N) is 1. The molecule has 0 radical (unpaired) electrons. The first-order valence-electron chi connectivity index (χ1n) is 7.32. The fourth-order valence-corrected chi connectivity index (χ4v) is 3.71. The molecule has 0 unspecified atom stereocenters. The molecule has 128 valence electrons. The SMILES string of the molecule is CN=C1S/C(=C\[C@@H]2C(=O)NC(=S)N(c3ccccc3)C2=O)C(=O)N1C. The van der Waals surface area contributed by atoms with Gasteiger partial charge in [0.1, 0.15) is 5.92 Å². The lowest BCUT2D eigenvalue weighted by molar-refractivity contribution is -0.131. The highest BCUT2D eigenvalue weighted by Gasteiger charge is 2.40. The first kappa shape index (κ1) is 17.3. The van der Waals surface area contributed by atoms with Gasteiger partial charge in [-0.15, -0.1) is 0 Å². The Kier molecular flexibility index (Phi) is 4.69. The second-order valence-electron chi connectivity index (χ2n) is 5.28. The van der Waals surface area contributed by atoms with E-state index in [0.717, 1.165) is 11.8 Å². The zero-order chi connectivity index (χ0) is 18.1. The molecule has 2 fully saturated rings. The van der Waals surface area contributed by atoms with Gasteiger partial charge in [-0.2, -0.15) is 0 Å². The molecular weight excluding hydrogens is 360 g/mol. The van der Waals surface area contributed by atoms with Crippen LogP contribution in [-0.4, -0.2) is 47.0 Å². The molecule has 0 saturated carbocycles. The van der Waals surface area contributed by atoms with Crippen LogP contribution >= 0.6 is 24.0 Å². The van der Waals surface area contributed by atoms with E-state index in [4.69, 9.17) is 12.2 Å². The van der Waals surface area contributed by atoms with Crippen LogP contribution in [0.15, 0.2) is 46.3 Å². The average molecular weight is 374 g/mol. The van der Waals surface area contributed by atoms with Crippen LogP contribution in [0.4, 0.5) is 5.69 Å². The summed E-state index contributed by atoms with van der Waals surface area (Å²) in [5.74, 6) is -2.48. The smallest absolute Gasteiger partial charge is 0.266 e. The van der Waals surface area contributed by atoms with Gasteiger partial charge in [0.25, 0.3) is 5.91 Å². The third kappa shape index (κ3) is 3.08. The number of nitrogens with zero attached hydrogens (tertiary/aromatic N) is 3. The lowest BCUT2D eigenvalue weighted by atomic mass is 10.0. The molecule has 3 rings (SSSR count). The lowest BCUT2D eigenvalue weighted by Gasteiger charge is -2.31. The zero-order valence-electron chi connectivity index (χ0n) is 13.4. The van der Waals surface area contributed by atoms with Gasteiger partial charge in [0.2, 0.25) is 11.8 Å². The molecule has 0 spiro atoms. The number of hydrogen-bond donors (Lipinski definition) is 1. The fourth-order valence-electron chi connectivity index (χ4n) is 2.47. The van der Waals surface area contributed by atoms with Gasteiger partial charge in [0, 0.05) is 14.1 Å². The van der Waals surface area contributed by atoms with Crippen LogP contribution in [0.25, 0.3) is 0 Å². The second-order valence-corrected chi connectivity index (χ2v) is 6.68. The van der Waals surface area contributed by atoms with Crippen LogP contribution in [0.3, 0.4) is 0 Å². The Morgan fingerprint density at radius 2 is 1.92 bits per heavy atom. The molecule has 1 atom stereocenters. The fraction of sp³-hybridized carbons (Fsp3) is 0.188. The summed E-state index contributed by atoms with van der Waals surface area (Å²) >= 11 is 6.26. The monoisotopic (exact) mass is 374 g/mol. The quantitative estimate of drug-likeness (QED) is 0.477. The van der Waals surface area contributed by atoms with Gasteiger partial charge in [0.05, 0.1) is 10.6 Å². The van der Waals surface area contributed by atoms with Crippen molar-refractivity contribution in [3.05, 3.63) is 41.3 Å². The second kappa shape index (κ2) is 6.77. The molecule has 3 amide bonds. The summed E-state index contributed by atoms with van der Waals surface area (Å²) in [6, 6.07) is 8.79. The Morgan fingerprint density at radius 1 is 1.24 bits per heavy atom. The molecule has 0 bridgehead atoms. The summed E-state index contributed by atoms with van der Waals surface area (Å²) in [4.78, 5) is 44.3. The molecule has 25 heavy (non-hydrogen) atoms. The number of carbonyl (C=O) groups excluding carboxylic acids is 3. The van der Waals surface area contributed by atoms with Crippen molar-refractivity contribution in [2.75, 3.05) is 19.0 Å². The molecule has 7 nitrogen and oxygen atoms in total. The molecule has 1 aromatic carbocycles. The van der Waals surface area contributed by atoms with E-state index >= 15 is 0 Å². The highest BCUT2D eigenvalue weighted by atomic mass is 32.2. The molecule has 9 heteroatoms. The molecule has 2 aliphatic heterocycles. The Hall–Kier alpha value is -2.52. The predicted octanol–water partition coefficient (Wildman–Crippen LogP) is 1.13. The summed E-state index contributed by atoms with van der Waals surface area (Å²) in [5.41, 5.74) is 0.555. The zero-order valence-corrected chi connectivity index (χ0v) is 15.1. The number of aliphatic imine (C=N–C) groups is 1. The normalized spacial score (nSPS) is 24.5. The third-order valence-electron chi connectivity index (χ3n) is 3.73. The van der Waals surface area contributed by atoms with Crippen LogP contribution in [0.5, 0.6) is 0 Å². The van der Waals surface area contributed by atoms with Crippen molar-refractivity contribution in [2.45, 2.75) is 0 Å². The number of para-hydroxylation sites is 1. The van der Waals surface area contributed by atoms with Crippen LogP contribution in [0.1, 0.15) is 0 Å². The summed E-state index contributed by atoms with van der Waals surface area (Å²) in [7, 11) is 3.16. The van der Waals surface area contributed by atoms with Crippen molar-refractivity contribution in [1.29, 1.82) is 0 Å². The van der Waals surface area contributed by atoms with Gasteiger partial charge < -0.3 is 5.32 Å². The molecule has 2 heterocycles. The van der Waals surface area contributed by atoms with Crippen molar-refractivity contribution in [3.8, 4) is 0 Å². The summed E-state index contributed by atoms with van der Waals surface area (Å²) in [6.45, 7) is 0. The Bertz CT molecular complexity index is 835. The number of rotatable bonds is 2. The van der Waals surface area contributed by atoms with Crippen LogP contribution in [0, 0.1) is 5.92 Å². The number of amides is 3. The number of hydrogen-bond acceptors (Lipinski definition) is 6. The van der Waals surface area contributed by atoms with E-state index in [-0.39, 0.29) is 15.9 Å². The molecule has 1 N–H and O–H groups in total. The maximum Gasteiger partial charge on any atom is 0.266 e. The standard InChI is InChI=1S/C16H14N4O3S2/c1-17-16-19(2)14(23)11(25-16)8-10-12(21)18-15(24)20(13(10)22)9-6-4-3-5-7-9/h3-8,10H,1-2H3,(H,18,21,24)/b11-8-,17-16?/t10-/m1/s1. The third-order valence-corrected chi connectivity index (χ3v) is 5.18. The first-order chi connectivity index (χ1) is 11.9. The number of thiocarbonyl (C=S) groups is 1. The van der Waals surface area contributed by atoms with E-state index in [9.17, 15) is 14.4 Å². The molecule has 2 aliphatic rings. The van der Waals surface area contributed by atoms with E-state index in [1.54, 1.807) is 38.4 Å². The predicted molar refractivity (Wildman–Crippen MR) is 100.0 cm³/mol. The molecular formula is C16H14N4O3S2. The first-order valence-corrected chi connectivity index (χ1v) is 8.55. The minimum Gasteiger partial charge on any atom is -0.301 e. The highest BCUT2D eigenvalue weighted by Crippen LogP contribution is 2.32. The number of thioether (sulfide) groups is 1.